The van der Waals surface area contributed by atoms with Crippen molar-refractivity contribution in [2.45, 2.75) is 20.0 Å². The Morgan fingerprint density at radius 1 is 1.28 bits per heavy atom. The Morgan fingerprint density at radius 3 is 2.56 bits per heavy atom. The number of methoxy groups -OCH3 is 1. The number of amides is 2. The van der Waals surface area contributed by atoms with Gasteiger partial charge in [0, 0.05) is 12.6 Å². The lowest BCUT2D eigenvalue weighted by molar-refractivity contribution is 0.128. The lowest BCUT2D eigenvalue weighted by atomic mass is 10.1. The zero-order valence-corrected chi connectivity index (χ0v) is 14.6. The number of urea groups is 1. The molecule has 5 nitrogen and oxygen atoms in total. The Morgan fingerprint density at radius 2 is 1.96 bits per heavy atom. The Hall–Kier alpha value is -2.60. The molecule has 2 rings (SSSR count). The van der Waals surface area contributed by atoms with E-state index in [0.29, 0.717) is 12.3 Å². The fourth-order valence-corrected chi connectivity index (χ4v) is 2.43. The Bertz CT molecular complexity index is 719. The van der Waals surface area contributed by atoms with Crippen LogP contribution in [0, 0.1) is 12.7 Å². The average Bonchev–Trinajstić information content (AvgIpc) is 2.60. The van der Waals surface area contributed by atoms with Crippen LogP contribution in [0.4, 0.5) is 14.9 Å². The molecule has 2 aromatic carbocycles. The quantitative estimate of drug-likeness (QED) is 0.838. The first-order valence-corrected chi connectivity index (χ1v) is 8.08. The second-order valence-corrected chi connectivity index (χ2v) is 5.74. The zero-order valence-electron chi connectivity index (χ0n) is 14.6. The summed E-state index contributed by atoms with van der Waals surface area (Å²) in [6.45, 7) is 4.30. The van der Waals surface area contributed by atoms with Crippen LogP contribution in [0.15, 0.2) is 42.5 Å². The summed E-state index contributed by atoms with van der Waals surface area (Å²) in [5.74, 6) is -0.108. The van der Waals surface area contributed by atoms with Gasteiger partial charge >= 0.3 is 6.03 Å². The molecule has 0 spiro atoms. The molecule has 25 heavy (non-hydrogen) atoms. The number of hydrogen-bond acceptors (Lipinski definition) is 3. The Balaban J connectivity index is 2.08. The second kappa shape index (κ2) is 8.48. The molecular formula is C19H23FN2O3. The summed E-state index contributed by atoms with van der Waals surface area (Å²) in [7, 11) is 1.45. The summed E-state index contributed by atoms with van der Waals surface area (Å²) in [6, 6.07) is 11.0. The molecule has 0 aliphatic carbocycles. The maximum Gasteiger partial charge on any atom is 0.322 e. The number of likely N-dealkylation sites (N-methyl/N-ethyl adjacent to an activating group) is 1. The van der Waals surface area contributed by atoms with Crippen molar-refractivity contribution >= 4 is 11.7 Å². The van der Waals surface area contributed by atoms with E-state index in [1.54, 1.807) is 0 Å². The molecule has 6 heteroatoms. The van der Waals surface area contributed by atoms with Crippen LogP contribution in [0.1, 0.15) is 24.2 Å². The minimum atomic E-state index is -0.805. The second-order valence-electron chi connectivity index (χ2n) is 5.74. The smallest absolute Gasteiger partial charge is 0.322 e. The van der Waals surface area contributed by atoms with Gasteiger partial charge in [0.1, 0.15) is 11.6 Å². The van der Waals surface area contributed by atoms with E-state index in [4.69, 9.17) is 4.74 Å². The Labute approximate surface area is 147 Å². The molecule has 2 amide bonds. The number of ether oxygens (including phenoxy) is 1. The number of carbonyl (C=O) groups excluding carboxylic acids is 1. The van der Waals surface area contributed by atoms with Gasteiger partial charge in [-0.1, -0.05) is 29.8 Å². The number of aliphatic hydroxyl groups excluding tert-OH is 1. The third-order valence-corrected chi connectivity index (χ3v) is 3.93. The van der Waals surface area contributed by atoms with Crippen LogP contribution in [0.5, 0.6) is 5.75 Å². The number of anilines is 1. The van der Waals surface area contributed by atoms with E-state index in [2.05, 4.69) is 5.32 Å². The maximum absolute atomic E-state index is 13.4. The molecule has 0 fully saturated rings. The monoisotopic (exact) mass is 346 g/mol. The average molecular weight is 346 g/mol. The van der Waals surface area contributed by atoms with E-state index >= 15 is 0 Å². The van der Waals surface area contributed by atoms with Gasteiger partial charge in [-0.3, -0.25) is 0 Å². The summed E-state index contributed by atoms with van der Waals surface area (Å²) in [5.41, 5.74) is 2.08. The van der Waals surface area contributed by atoms with Gasteiger partial charge in [-0.05, 0) is 31.5 Å². The first-order valence-electron chi connectivity index (χ1n) is 8.08. The molecule has 0 aliphatic heterocycles. The predicted molar refractivity (Wildman–Crippen MR) is 95.4 cm³/mol. The van der Waals surface area contributed by atoms with Crippen molar-refractivity contribution in [3.63, 3.8) is 0 Å². The molecule has 0 bridgehead atoms. The third kappa shape index (κ3) is 4.93. The highest BCUT2D eigenvalue weighted by atomic mass is 19.1. The minimum Gasteiger partial charge on any atom is -0.495 e. The van der Waals surface area contributed by atoms with Crippen molar-refractivity contribution in [3.8, 4) is 5.75 Å². The van der Waals surface area contributed by atoms with Gasteiger partial charge in [-0.15, -0.1) is 0 Å². The van der Waals surface area contributed by atoms with Crippen molar-refractivity contribution < 1.29 is 19.0 Å². The molecule has 0 heterocycles. The van der Waals surface area contributed by atoms with Crippen LogP contribution in [-0.4, -0.2) is 36.2 Å². The highest BCUT2D eigenvalue weighted by molar-refractivity contribution is 5.91. The largest absolute Gasteiger partial charge is 0.495 e. The van der Waals surface area contributed by atoms with Gasteiger partial charge in [-0.2, -0.15) is 0 Å². The van der Waals surface area contributed by atoms with Crippen LogP contribution in [0.25, 0.3) is 0 Å². The van der Waals surface area contributed by atoms with Crippen LogP contribution in [0.3, 0.4) is 0 Å². The third-order valence-electron chi connectivity index (χ3n) is 3.93. The van der Waals surface area contributed by atoms with Gasteiger partial charge in [0.25, 0.3) is 0 Å². The molecule has 1 unspecified atom stereocenters. The van der Waals surface area contributed by atoms with Crippen LogP contribution >= 0.6 is 0 Å². The number of halogens is 1. The molecule has 2 N–H and O–H groups in total. The van der Waals surface area contributed by atoms with E-state index in [1.165, 1.54) is 30.2 Å². The van der Waals surface area contributed by atoms with Gasteiger partial charge < -0.3 is 20.1 Å². The first-order chi connectivity index (χ1) is 11.9. The molecule has 0 aromatic heterocycles. The lowest BCUT2D eigenvalue weighted by Crippen LogP contribution is -2.37. The van der Waals surface area contributed by atoms with Gasteiger partial charge in [0.2, 0.25) is 0 Å². The normalized spacial score (nSPS) is 11.7. The summed E-state index contributed by atoms with van der Waals surface area (Å²) < 4.78 is 18.5. The number of benzene rings is 2. The summed E-state index contributed by atoms with van der Waals surface area (Å²) in [5, 5.41) is 13.0. The standard InChI is InChI=1S/C19H23FN2O3/c1-4-22(12-17(23)14-7-5-13(2)6-8-14)19(24)21-16-11-15(20)9-10-18(16)25-3/h5-11,17,23H,4,12H2,1-3H3,(H,21,24). The summed E-state index contributed by atoms with van der Waals surface area (Å²) in [4.78, 5) is 13.9. The molecule has 2 aromatic rings. The highest BCUT2D eigenvalue weighted by Gasteiger charge is 2.19. The summed E-state index contributed by atoms with van der Waals surface area (Å²) >= 11 is 0. The molecule has 0 radical (unpaired) electrons. The predicted octanol–water partition coefficient (Wildman–Crippen LogP) is 3.73. The molecule has 0 aliphatic rings. The maximum atomic E-state index is 13.4. The number of nitrogens with zero attached hydrogens (tertiary/aromatic N) is 1. The topological polar surface area (TPSA) is 61.8 Å². The number of aliphatic hydroxyl groups is 1. The van der Waals surface area contributed by atoms with Crippen LogP contribution in [-0.2, 0) is 0 Å². The van der Waals surface area contributed by atoms with E-state index in [9.17, 15) is 14.3 Å². The van der Waals surface area contributed by atoms with Crippen molar-refractivity contribution in [2.24, 2.45) is 0 Å². The van der Waals surface area contributed by atoms with E-state index in [-0.39, 0.29) is 12.2 Å². The van der Waals surface area contributed by atoms with Gasteiger partial charge in [0.05, 0.1) is 25.4 Å². The molecule has 0 saturated heterocycles. The fraction of sp³-hybridized carbons (Fsp3) is 0.316. The van der Waals surface area contributed by atoms with Crippen molar-refractivity contribution in [1.29, 1.82) is 0 Å². The zero-order chi connectivity index (χ0) is 18.4. The first kappa shape index (κ1) is 18.7. The van der Waals surface area contributed by atoms with Gasteiger partial charge in [0.15, 0.2) is 0 Å². The van der Waals surface area contributed by atoms with Crippen molar-refractivity contribution in [1.82, 2.24) is 4.90 Å². The Kier molecular flexibility index (Phi) is 6.36. The number of aryl methyl sites for hydroxylation is 1. The van der Waals surface area contributed by atoms with Crippen LogP contribution < -0.4 is 10.1 Å². The van der Waals surface area contributed by atoms with E-state index < -0.39 is 18.0 Å². The molecule has 1 atom stereocenters. The molecular weight excluding hydrogens is 323 g/mol. The SMILES string of the molecule is CCN(CC(O)c1ccc(C)cc1)C(=O)Nc1cc(F)ccc1OC. The number of carbonyl (C=O) groups is 1. The number of nitrogens with one attached hydrogen (secondary N) is 1. The van der Waals surface area contributed by atoms with Crippen LogP contribution in [0.2, 0.25) is 0 Å². The minimum absolute atomic E-state index is 0.128. The van der Waals surface area contributed by atoms with Crippen molar-refractivity contribution in [2.75, 3.05) is 25.5 Å². The molecule has 0 saturated carbocycles. The number of hydrogen-bond donors (Lipinski definition) is 2. The lowest BCUT2D eigenvalue weighted by Gasteiger charge is -2.25. The highest BCUT2D eigenvalue weighted by Crippen LogP contribution is 2.25. The van der Waals surface area contributed by atoms with E-state index in [1.807, 2.05) is 38.1 Å². The van der Waals surface area contributed by atoms with Crippen molar-refractivity contribution in [3.05, 3.63) is 59.4 Å². The fourth-order valence-electron chi connectivity index (χ4n) is 2.43. The molecule has 134 valence electrons. The number of rotatable bonds is 6. The summed E-state index contributed by atoms with van der Waals surface area (Å²) in [6.07, 6.45) is -0.805. The van der Waals surface area contributed by atoms with Gasteiger partial charge in [-0.25, -0.2) is 9.18 Å². The van der Waals surface area contributed by atoms with E-state index in [0.717, 1.165) is 11.1 Å².